The number of benzene rings is 1. The quantitative estimate of drug-likeness (QED) is 0.773. The van der Waals surface area contributed by atoms with Gasteiger partial charge in [-0.15, -0.1) is 0 Å². The minimum Gasteiger partial charge on any atom is -0.377 e. The number of anilines is 1. The molecular formula is C18H29BrN2. The highest BCUT2D eigenvalue weighted by molar-refractivity contribution is 9.10. The van der Waals surface area contributed by atoms with Crippen LogP contribution in [0.3, 0.4) is 0 Å². The van der Waals surface area contributed by atoms with Crippen molar-refractivity contribution in [2.75, 3.05) is 11.9 Å². The maximum Gasteiger partial charge on any atom is 0.0498 e. The van der Waals surface area contributed by atoms with E-state index in [2.05, 4.69) is 60.2 Å². The van der Waals surface area contributed by atoms with Gasteiger partial charge in [-0.25, -0.2) is 0 Å². The lowest BCUT2D eigenvalue weighted by atomic mass is 9.73. The summed E-state index contributed by atoms with van der Waals surface area (Å²) < 4.78 is 1.13. The van der Waals surface area contributed by atoms with E-state index in [4.69, 9.17) is 5.73 Å². The largest absolute Gasteiger partial charge is 0.377 e. The molecule has 0 aromatic heterocycles. The Bertz CT molecular complexity index is 472. The second-order valence-electron chi connectivity index (χ2n) is 7.18. The molecule has 0 heterocycles. The second-order valence-corrected chi connectivity index (χ2v) is 8.04. The van der Waals surface area contributed by atoms with Crippen LogP contribution in [-0.4, -0.2) is 12.1 Å². The highest BCUT2D eigenvalue weighted by atomic mass is 79.9. The van der Waals surface area contributed by atoms with Crippen LogP contribution < -0.4 is 11.1 Å². The Labute approximate surface area is 138 Å². The molecule has 0 saturated heterocycles. The van der Waals surface area contributed by atoms with Crippen LogP contribution in [0.4, 0.5) is 5.69 Å². The number of hydrogen-bond acceptors (Lipinski definition) is 2. The van der Waals surface area contributed by atoms with Crippen molar-refractivity contribution < 1.29 is 0 Å². The summed E-state index contributed by atoms with van der Waals surface area (Å²) in [4.78, 5) is 0. The molecule has 1 aromatic rings. The topological polar surface area (TPSA) is 38.0 Å². The maximum absolute atomic E-state index is 6.19. The molecule has 2 unspecified atom stereocenters. The zero-order valence-electron chi connectivity index (χ0n) is 13.6. The summed E-state index contributed by atoms with van der Waals surface area (Å²) in [5.41, 5.74) is 8.72. The highest BCUT2D eigenvalue weighted by Gasteiger charge is 2.35. The number of hydrogen-bond donors (Lipinski definition) is 2. The van der Waals surface area contributed by atoms with E-state index in [1.54, 1.807) is 0 Å². The molecule has 3 heteroatoms. The summed E-state index contributed by atoms with van der Waals surface area (Å²) in [5.74, 6) is 1.58. The Morgan fingerprint density at radius 3 is 2.86 bits per heavy atom. The van der Waals surface area contributed by atoms with Gasteiger partial charge in [-0.2, -0.15) is 0 Å². The molecule has 2 rings (SSSR count). The third-order valence-corrected chi connectivity index (χ3v) is 5.36. The minimum atomic E-state index is 0.0636. The molecular weight excluding hydrogens is 324 g/mol. The van der Waals surface area contributed by atoms with E-state index in [0.717, 1.165) is 16.3 Å². The molecule has 0 bridgehead atoms. The van der Waals surface area contributed by atoms with Gasteiger partial charge in [-0.05, 0) is 71.6 Å². The lowest BCUT2D eigenvalue weighted by Gasteiger charge is -2.42. The van der Waals surface area contributed by atoms with Crippen LogP contribution in [0.2, 0.25) is 0 Å². The van der Waals surface area contributed by atoms with Crippen molar-refractivity contribution in [2.24, 2.45) is 17.6 Å². The number of rotatable bonds is 5. The van der Waals surface area contributed by atoms with Crippen LogP contribution >= 0.6 is 15.9 Å². The Hall–Kier alpha value is -0.540. The first-order valence-electron chi connectivity index (χ1n) is 8.18. The van der Waals surface area contributed by atoms with Gasteiger partial charge >= 0.3 is 0 Å². The van der Waals surface area contributed by atoms with Crippen LogP contribution in [0.25, 0.3) is 0 Å². The van der Waals surface area contributed by atoms with Crippen molar-refractivity contribution in [3.05, 3.63) is 28.2 Å². The van der Waals surface area contributed by atoms with Gasteiger partial charge in [0.25, 0.3) is 0 Å². The van der Waals surface area contributed by atoms with E-state index in [9.17, 15) is 0 Å². The molecule has 118 valence electrons. The van der Waals surface area contributed by atoms with Gasteiger partial charge in [0.1, 0.15) is 0 Å². The Morgan fingerprint density at radius 2 is 2.19 bits per heavy atom. The van der Waals surface area contributed by atoms with Crippen LogP contribution in [0.1, 0.15) is 51.5 Å². The molecule has 1 aliphatic carbocycles. The molecule has 2 atom stereocenters. The minimum absolute atomic E-state index is 0.0636. The van der Waals surface area contributed by atoms with Gasteiger partial charge in [0.15, 0.2) is 0 Å². The van der Waals surface area contributed by atoms with Crippen molar-refractivity contribution in [3.8, 4) is 0 Å². The predicted octanol–water partition coefficient (Wildman–Crippen LogP) is 5.10. The van der Waals surface area contributed by atoms with Gasteiger partial charge in [-0.1, -0.05) is 32.8 Å². The predicted molar refractivity (Wildman–Crippen MR) is 95.7 cm³/mol. The summed E-state index contributed by atoms with van der Waals surface area (Å²) in [6, 6.07) is 6.47. The van der Waals surface area contributed by atoms with E-state index >= 15 is 0 Å². The molecule has 0 radical (unpaired) electrons. The number of aryl methyl sites for hydroxylation is 1. The highest BCUT2D eigenvalue weighted by Crippen LogP contribution is 2.38. The van der Waals surface area contributed by atoms with Crippen LogP contribution in [0, 0.1) is 18.8 Å². The standard InChI is InChI=1S/C18H29BrN2/c1-13(2)9-15-5-4-8-18(11-15,12-20)21-17-10-14(3)6-7-16(17)19/h6-7,10,13,15,21H,4-5,8-9,11-12,20H2,1-3H3. The fourth-order valence-corrected chi connectivity index (χ4v) is 4.07. The van der Waals surface area contributed by atoms with Crippen LogP contribution in [-0.2, 0) is 0 Å². The van der Waals surface area contributed by atoms with Gasteiger partial charge in [0.2, 0.25) is 0 Å². The van der Waals surface area contributed by atoms with Gasteiger partial charge in [-0.3, -0.25) is 0 Å². The number of nitrogens with two attached hydrogens (primary N) is 1. The molecule has 1 fully saturated rings. The Morgan fingerprint density at radius 1 is 1.43 bits per heavy atom. The summed E-state index contributed by atoms with van der Waals surface area (Å²) in [6.45, 7) is 7.49. The molecule has 0 amide bonds. The van der Waals surface area contributed by atoms with E-state index in [-0.39, 0.29) is 5.54 Å². The first-order chi connectivity index (χ1) is 9.94. The summed E-state index contributed by atoms with van der Waals surface area (Å²) >= 11 is 3.66. The zero-order chi connectivity index (χ0) is 15.5. The number of halogens is 1. The molecule has 3 N–H and O–H groups in total. The lowest BCUT2D eigenvalue weighted by Crippen LogP contribution is -2.49. The molecule has 1 aromatic carbocycles. The lowest BCUT2D eigenvalue weighted by molar-refractivity contribution is 0.222. The van der Waals surface area contributed by atoms with Crippen LogP contribution in [0.5, 0.6) is 0 Å². The molecule has 0 spiro atoms. The first kappa shape index (κ1) is 16.8. The van der Waals surface area contributed by atoms with Crippen molar-refractivity contribution >= 4 is 21.6 Å². The fourth-order valence-electron chi connectivity index (χ4n) is 3.72. The molecule has 0 aliphatic heterocycles. The third-order valence-electron chi connectivity index (χ3n) is 4.66. The van der Waals surface area contributed by atoms with Crippen LogP contribution in [0.15, 0.2) is 22.7 Å². The first-order valence-corrected chi connectivity index (χ1v) is 8.98. The van der Waals surface area contributed by atoms with Gasteiger partial charge < -0.3 is 11.1 Å². The van der Waals surface area contributed by atoms with Crippen molar-refractivity contribution in [2.45, 2.75) is 58.4 Å². The Balaban J connectivity index is 2.15. The van der Waals surface area contributed by atoms with E-state index in [0.29, 0.717) is 6.54 Å². The fraction of sp³-hybridized carbons (Fsp3) is 0.667. The summed E-state index contributed by atoms with van der Waals surface area (Å²) in [6.07, 6.45) is 6.33. The van der Waals surface area contributed by atoms with Gasteiger partial charge in [0.05, 0.1) is 0 Å². The molecule has 1 saturated carbocycles. The van der Waals surface area contributed by atoms with Gasteiger partial charge in [0, 0.05) is 22.2 Å². The van der Waals surface area contributed by atoms with Crippen molar-refractivity contribution in [1.29, 1.82) is 0 Å². The third kappa shape index (κ3) is 4.46. The van der Waals surface area contributed by atoms with E-state index < -0.39 is 0 Å². The smallest absolute Gasteiger partial charge is 0.0498 e. The average molecular weight is 353 g/mol. The maximum atomic E-state index is 6.19. The SMILES string of the molecule is Cc1ccc(Br)c(NC2(CN)CCCC(CC(C)C)C2)c1. The zero-order valence-corrected chi connectivity index (χ0v) is 15.2. The van der Waals surface area contributed by atoms with E-state index in [1.807, 2.05) is 0 Å². The summed E-state index contributed by atoms with van der Waals surface area (Å²) in [7, 11) is 0. The average Bonchev–Trinajstić information content (AvgIpc) is 2.42. The van der Waals surface area contributed by atoms with E-state index in [1.165, 1.54) is 43.4 Å². The second kappa shape index (κ2) is 7.15. The summed E-state index contributed by atoms with van der Waals surface area (Å²) in [5, 5.41) is 3.78. The van der Waals surface area contributed by atoms with Crippen molar-refractivity contribution in [3.63, 3.8) is 0 Å². The molecule has 21 heavy (non-hydrogen) atoms. The normalized spacial score (nSPS) is 26.1. The van der Waals surface area contributed by atoms with Crippen molar-refractivity contribution in [1.82, 2.24) is 0 Å². The number of nitrogens with one attached hydrogen (secondary N) is 1. The molecule has 2 nitrogen and oxygen atoms in total. The monoisotopic (exact) mass is 352 g/mol. The molecule has 1 aliphatic rings. The Kier molecular flexibility index (Phi) is 5.73.